The Kier molecular flexibility index (Phi) is 4.66. The van der Waals surface area contributed by atoms with Gasteiger partial charge in [0.05, 0.1) is 8.07 Å². The molecular weight excluding hydrogens is 260 g/mol. The van der Waals surface area contributed by atoms with Crippen molar-refractivity contribution in [3.63, 3.8) is 0 Å². The van der Waals surface area contributed by atoms with Gasteiger partial charge in [-0.15, -0.1) is 0 Å². The Hall–Kier alpha value is -1.54. The quantitative estimate of drug-likeness (QED) is 0.741. The van der Waals surface area contributed by atoms with Crippen LogP contribution in [-0.2, 0) is 13.0 Å². The normalized spacial score (nSPS) is 11.4. The lowest BCUT2D eigenvalue weighted by molar-refractivity contribution is 0.303. The SMILES string of the molecule is CCc1ccccc1OCc1ccc([Si](C)(C)C)cc1. The van der Waals surface area contributed by atoms with Gasteiger partial charge in [-0.25, -0.2) is 0 Å². The van der Waals surface area contributed by atoms with Crippen molar-refractivity contribution in [3.8, 4) is 5.75 Å². The van der Waals surface area contributed by atoms with Crippen LogP contribution in [0.15, 0.2) is 48.5 Å². The number of rotatable bonds is 5. The molecular formula is C18H24OSi. The van der Waals surface area contributed by atoms with E-state index in [1.165, 1.54) is 16.3 Å². The first-order chi connectivity index (χ1) is 9.50. The molecule has 0 N–H and O–H groups in total. The Morgan fingerprint density at radius 3 is 2.15 bits per heavy atom. The van der Waals surface area contributed by atoms with Crippen molar-refractivity contribution in [1.29, 1.82) is 0 Å². The molecule has 0 bridgehead atoms. The Labute approximate surface area is 123 Å². The maximum atomic E-state index is 5.95. The fourth-order valence-electron chi connectivity index (χ4n) is 2.20. The lowest BCUT2D eigenvalue weighted by atomic mass is 10.1. The first-order valence-corrected chi connectivity index (χ1v) is 10.8. The van der Waals surface area contributed by atoms with E-state index in [1.54, 1.807) is 0 Å². The molecule has 0 fully saturated rings. The minimum atomic E-state index is -1.20. The van der Waals surface area contributed by atoms with Crippen molar-refractivity contribution in [2.45, 2.75) is 39.6 Å². The summed E-state index contributed by atoms with van der Waals surface area (Å²) < 4.78 is 5.95. The van der Waals surface area contributed by atoms with Crippen LogP contribution < -0.4 is 9.92 Å². The summed E-state index contributed by atoms with van der Waals surface area (Å²) in [6, 6.07) is 17.2. The molecule has 0 unspecified atom stereocenters. The number of ether oxygens (including phenoxy) is 1. The van der Waals surface area contributed by atoms with Gasteiger partial charge in [-0.05, 0) is 23.6 Å². The van der Waals surface area contributed by atoms with E-state index in [2.05, 4.69) is 69.0 Å². The summed E-state index contributed by atoms with van der Waals surface area (Å²) in [5.74, 6) is 1.00. The Morgan fingerprint density at radius 1 is 0.900 bits per heavy atom. The van der Waals surface area contributed by atoms with Gasteiger partial charge in [0.1, 0.15) is 12.4 Å². The van der Waals surface area contributed by atoms with Gasteiger partial charge >= 0.3 is 0 Å². The third-order valence-corrected chi connectivity index (χ3v) is 5.63. The molecule has 0 aromatic heterocycles. The molecule has 0 saturated carbocycles. The van der Waals surface area contributed by atoms with E-state index in [-0.39, 0.29) is 0 Å². The Bertz CT molecular complexity index is 552. The summed E-state index contributed by atoms with van der Waals surface area (Å²) in [5.41, 5.74) is 2.50. The summed E-state index contributed by atoms with van der Waals surface area (Å²) in [7, 11) is -1.20. The molecule has 106 valence electrons. The largest absolute Gasteiger partial charge is 0.489 e. The highest BCUT2D eigenvalue weighted by molar-refractivity contribution is 6.88. The molecule has 0 heterocycles. The highest BCUT2D eigenvalue weighted by Crippen LogP contribution is 2.19. The fourth-order valence-corrected chi connectivity index (χ4v) is 3.37. The number of aryl methyl sites for hydroxylation is 1. The van der Waals surface area contributed by atoms with Crippen LogP contribution in [-0.4, -0.2) is 8.07 Å². The zero-order valence-electron chi connectivity index (χ0n) is 12.9. The van der Waals surface area contributed by atoms with Gasteiger partial charge < -0.3 is 4.74 Å². The van der Waals surface area contributed by atoms with Crippen LogP contribution in [0.25, 0.3) is 0 Å². The molecule has 0 aliphatic heterocycles. The Morgan fingerprint density at radius 2 is 1.55 bits per heavy atom. The third-order valence-electron chi connectivity index (χ3n) is 3.57. The van der Waals surface area contributed by atoms with Gasteiger partial charge in [0.2, 0.25) is 0 Å². The van der Waals surface area contributed by atoms with Gasteiger partial charge in [0.25, 0.3) is 0 Å². The van der Waals surface area contributed by atoms with E-state index in [0.717, 1.165) is 12.2 Å². The number of para-hydroxylation sites is 1. The van der Waals surface area contributed by atoms with Crippen molar-refractivity contribution in [2.24, 2.45) is 0 Å². The highest BCUT2D eigenvalue weighted by atomic mass is 28.3. The molecule has 20 heavy (non-hydrogen) atoms. The molecule has 0 amide bonds. The van der Waals surface area contributed by atoms with Crippen LogP contribution in [0, 0.1) is 0 Å². The van der Waals surface area contributed by atoms with Crippen LogP contribution in [0.2, 0.25) is 19.6 Å². The van der Waals surface area contributed by atoms with Crippen molar-refractivity contribution in [2.75, 3.05) is 0 Å². The molecule has 2 heteroatoms. The van der Waals surface area contributed by atoms with Gasteiger partial charge in [0, 0.05) is 0 Å². The maximum Gasteiger partial charge on any atom is 0.122 e. The molecule has 0 aliphatic carbocycles. The lowest BCUT2D eigenvalue weighted by Gasteiger charge is -2.17. The predicted octanol–water partition coefficient (Wildman–Crippen LogP) is 4.37. The zero-order valence-corrected chi connectivity index (χ0v) is 13.9. The van der Waals surface area contributed by atoms with E-state index < -0.39 is 8.07 Å². The Balaban J connectivity index is 2.04. The smallest absolute Gasteiger partial charge is 0.122 e. The zero-order chi connectivity index (χ0) is 14.6. The molecule has 0 aliphatic rings. The van der Waals surface area contributed by atoms with E-state index >= 15 is 0 Å². The van der Waals surface area contributed by atoms with Crippen molar-refractivity contribution >= 4 is 13.3 Å². The first-order valence-electron chi connectivity index (χ1n) is 7.31. The van der Waals surface area contributed by atoms with Crippen LogP contribution >= 0.6 is 0 Å². The summed E-state index contributed by atoms with van der Waals surface area (Å²) in [6.45, 7) is 9.91. The van der Waals surface area contributed by atoms with E-state index in [1.807, 2.05) is 6.07 Å². The van der Waals surface area contributed by atoms with E-state index in [0.29, 0.717) is 6.61 Å². The molecule has 0 atom stereocenters. The monoisotopic (exact) mass is 284 g/mol. The predicted molar refractivity (Wildman–Crippen MR) is 89.6 cm³/mol. The number of hydrogen-bond donors (Lipinski definition) is 0. The second-order valence-corrected chi connectivity index (χ2v) is 11.3. The van der Waals surface area contributed by atoms with Crippen molar-refractivity contribution in [1.82, 2.24) is 0 Å². The van der Waals surface area contributed by atoms with Crippen LogP contribution in [0.3, 0.4) is 0 Å². The summed E-state index contributed by atoms with van der Waals surface area (Å²) in [5, 5.41) is 1.50. The highest BCUT2D eigenvalue weighted by Gasteiger charge is 2.15. The van der Waals surface area contributed by atoms with E-state index in [4.69, 9.17) is 4.74 Å². The van der Waals surface area contributed by atoms with Gasteiger partial charge in [0.15, 0.2) is 0 Å². The molecule has 0 radical (unpaired) electrons. The average Bonchev–Trinajstić information content (AvgIpc) is 2.45. The molecule has 0 spiro atoms. The lowest BCUT2D eigenvalue weighted by Crippen LogP contribution is -2.37. The standard InChI is InChI=1S/C18H24OSi/c1-5-16-8-6-7-9-18(16)19-14-15-10-12-17(13-11-15)20(2,3)4/h6-13H,5,14H2,1-4H3. The van der Waals surface area contributed by atoms with Crippen molar-refractivity contribution in [3.05, 3.63) is 59.7 Å². The van der Waals surface area contributed by atoms with Crippen molar-refractivity contribution < 1.29 is 4.74 Å². The summed E-state index contributed by atoms with van der Waals surface area (Å²) in [6.07, 6.45) is 1.00. The molecule has 2 rings (SSSR count). The molecule has 1 nitrogen and oxygen atoms in total. The number of benzene rings is 2. The van der Waals surface area contributed by atoms with Crippen LogP contribution in [0.1, 0.15) is 18.1 Å². The average molecular weight is 284 g/mol. The summed E-state index contributed by atoms with van der Waals surface area (Å²) >= 11 is 0. The molecule has 0 saturated heterocycles. The van der Waals surface area contributed by atoms with Crippen LogP contribution in [0.5, 0.6) is 5.75 Å². The number of hydrogen-bond acceptors (Lipinski definition) is 1. The topological polar surface area (TPSA) is 9.23 Å². The minimum absolute atomic E-state index is 0.642. The van der Waals surface area contributed by atoms with Crippen LogP contribution in [0.4, 0.5) is 0 Å². The van der Waals surface area contributed by atoms with Gasteiger partial charge in [-0.3, -0.25) is 0 Å². The summed E-state index contributed by atoms with van der Waals surface area (Å²) in [4.78, 5) is 0. The first kappa shape index (κ1) is 14.9. The minimum Gasteiger partial charge on any atom is -0.489 e. The second-order valence-electron chi connectivity index (χ2n) is 6.20. The van der Waals surface area contributed by atoms with E-state index in [9.17, 15) is 0 Å². The van der Waals surface area contributed by atoms with Gasteiger partial charge in [-0.1, -0.05) is 74.2 Å². The van der Waals surface area contributed by atoms with Gasteiger partial charge in [-0.2, -0.15) is 0 Å². The third kappa shape index (κ3) is 3.73. The maximum absolute atomic E-state index is 5.95. The second kappa shape index (κ2) is 6.27. The fraction of sp³-hybridized carbons (Fsp3) is 0.333. The molecule has 2 aromatic rings. The molecule has 2 aromatic carbocycles.